The summed E-state index contributed by atoms with van der Waals surface area (Å²) in [6, 6.07) is 14.5. The molecule has 0 fully saturated rings. The molecule has 25 heavy (non-hydrogen) atoms. The number of nitrogens with zero attached hydrogens (tertiary/aromatic N) is 1. The van der Waals surface area contributed by atoms with Crippen molar-refractivity contribution in [1.29, 1.82) is 0 Å². The maximum absolute atomic E-state index is 11.1. The van der Waals surface area contributed by atoms with Crippen LogP contribution in [-0.4, -0.2) is 22.9 Å². The number of H-pyrrole nitrogens is 1. The molecule has 0 atom stereocenters. The molecule has 130 valence electrons. The van der Waals surface area contributed by atoms with Crippen molar-refractivity contribution in [2.24, 2.45) is 0 Å². The molecule has 1 aromatic carbocycles. The molecule has 2 heterocycles. The van der Waals surface area contributed by atoms with E-state index in [1.54, 1.807) is 0 Å². The summed E-state index contributed by atoms with van der Waals surface area (Å²) in [4.78, 5) is 15.6. The van der Waals surface area contributed by atoms with Crippen molar-refractivity contribution in [3.8, 4) is 23.0 Å². The van der Waals surface area contributed by atoms with E-state index in [0.717, 1.165) is 17.0 Å². The minimum absolute atomic E-state index is 0.0990. The Balaban J connectivity index is 1.54. The minimum Gasteiger partial charge on any atom is -0.493 e. The number of hydrogen-bond donors (Lipinski definition) is 1. The molecule has 0 amide bonds. The molecule has 2 aromatic heterocycles. The van der Waals surface area contributed by atoms with Gasteiger partial charge in [-0.3, -0.25) is 4.79 Å². The van der Waals surface area contributed by atoms with E-state index in [9.17, 15) is 4.79 Å². The molecule has 3 aromatic rings. The van der Waals surface area contributed by atoms with E-state index in [1.165, 1.54) is 6.07 Å². The zero-order valence-corrected chi connectivity index (χ0v) is 14.2. The molecule has 0 aliphatic carbocycles. The lowest BCUT2D eigenvalue weighted by Crippen LogP contribution is -2.08. The molecule has 0 bridgehead atoms. The van der Waals surface area contributed by atoms with Gasteiger partial charge in [0.2, 0.25) is 5.88 Å². The van der Waals surface area contributed by atoms with Crippen LogP contribution in [0.5, 0.6) is 11.6 Å². The van der Waals surface area contributed by atoms with Crippen molar-refractivity contribution in [3.05, 3.63) is 64.6 Å². The van der Waals surface area contributed by atoms with E-state index in [-0.39, 0.29) is 11.7 Å². The Morgan fingerprint density at radius 1 is 1.16 bits per heavy atom. The quantitative estimate of drug-likeness (QED) is 0.713. The van der Waals surface area contributed by atoms with Gasteiger partial charge in [0, 0.05) is 23.7 Å². The number of ether oxygens (including phenoxy) is 2. The summed E-state index contributed by atoms with van der Waals surface area (Å²) < 4.78 is 16.4. The second-order valence-corrected chi connectivity index (χ2v) is 5.83. The Morgan fingerprint density at radius 3 is 2.64 bits per heavy atom. The standard InChI is InChI=1S/C19H20N2O4/c1-13(2)24-19-5-3-4-15(20-19)10-11-23-16-8-6-14(7-9-16)17-12-18(22)21-25-17/h3-9,12-13H,10-11H2,1-2H3,(H,21,22). The van der Waals surface area contributed by atoms with E-state index < -0.39 is 0 Å². The van der Waals surface area contributed by atoms with Gasteiger partial charge in [0.25, 0.3) is 5.56 Å². The van der Waals surface area contributed by atoms with E-state index in [1.807, 2.05) is 56.3 Å². The van der Waals surface area contributed by atoms with Crippen LogP contribution in [-0.2, 0) is 6.42 Å². The number of benzene rings is 1. The van der Waals surface area contributed by atoms with E-state index in [2.05, 4.69) is 10.1 Å². The maximum Gasteiger partial charge on any atom is 0.280 e. The lowest BCUT2D eigenvalue weighted by Gasteiger charge is -2.10. The van der Waals surface area contributed by atoms with Crippen LogP contribution in [0.2, 0.25) is 0 Å². The van der Waals surface area contributed by atoms with Crippen molar-refractivity contribution in [3.63, 3.8) is 0 Å². The lowest BCUT2D eigenvalue weighted by molar-refractivity contribution is 0.231. The third-order valence-electron chi connectivity index (χ3n) is 3.43. The Bertz CT molecular complexity index is 865. The number of aromatic nitrogens is 2. The molecule has 0 aliphatic heterocycles. The van der Waals surface area contributed by atoms with Gasteiger partial charge in [-0.25, -0.2) is 4.98 Å². The van der Waals surface area contributed by atoms with Gasteiger partial charge in [-0.1, -0.05) is 6.07 Å². The third-order valence-corrected chi connectivity index (χ3v) is 3.43. The highest BCUT2D eigenvalue weighted by molar-refractivity contribution is 5.57. The van der Waals surface area contributed by atoms with Crippen LogP contribution in [0.15, 0.2) is 57.8 Å². The molecule has 0 saturated heterocycles. The zero-order chi connectivity index (χ0) is 17.6. The van der Waals surface area contributed by atoms with Gasteiger partial charge in [0.1, 0.15) is 5.75 Å². The fourth-order valence-corrected chi connectivity index (χ4v) is 2.32. The molecule has 0 saturated carbocycles. The average molecular weight is 340 g/mol. The van der Waals surface area contributed by atoms with Gasteiger partial charge in [-0.2, -0.15) is 5.16 Å². The van der Waals surface area contributed by atoms with Crippen LogP contribution < -0.4 is 15.0 Å². The van der Waals surface area contributed by atoms with Crippen molar-refractivity contribution < 1.29 is 14.0 Å². The summed E-state index contributed by atoms with van der Waals surface area (Å²) in [5, 5.41) is 2.27. The number of hydrogen-bond acceptors (Lipinski definition) is 5. The smallest absolute Gasteiger partial charge is 0.280 e. The van der Waals surface area contributed by atoms with Gasteiger partial charge in [-0.15, -0.1) is 0 Å². The number of aromatic amines is 1. The van der Waals surface area contributed by atoms with Crippen LogP contribution >= 0.6 is 0 Å². The van der Waals surface area contributed by atoms with Gasteiger partial charge >= 0.3 is 0 Å². The molecule has 0 aliphatic rings. The van der Waals surface area contributed by atoms with Crippen LogP contribution in [0.4, 0.5) is 0 Å². The molecule has 0 unspecified atom stereocenters. The van der Waals surface area contributed by atoms with E-state index in [0.29, 0.717) is 24.7 Å². The van der Waals surface area contributed by atoms with Gasteiger partial charge in [0.05, 0.1) is 18.8 Å². The summed E-state index contributed by atoms with van der Waals surface area (Å²) in [5.41, 5.74) is 1.47. The number of nitrogens with one attached hydrogen (secondary N) is 1. The summed E-state index contributed by atoms with van der Waals surface area (Å²) in [6.45, 7) is 4.45. The van der Waals surface area contributed by atoms with Gasteiger partial charge < -0.3 is 14.0 Å². The maximum atomic E-state index is 11.1. The third kappa shape index (κ3) is 4.73. The Morgan fingerprint density at radius 2 is 1.96 bits per heavy atom. The van der Waals surface area contributed by atoms with Gasteiger partial charge in [0.15, 0.2) is 5.76 Å². The summed E-state index contributed by atoms with van der Waals surface area (Å²) in [6.07, 6.45) is 0.783. The topological polar surface area (TPSA) is 77.4 Å². The molecule has 6 nitrogen and oxygen atoms in total. The fourth-order valence-electron chi connectivity index (χ4n) is 2.32. The van der Waals surface area contributed by atoms with Crippen LogP contribution in [0.3, 0.4) is 0 Å². The lowest BCUT2D eigenvalue weighted by atomic mass is 10.2. The fraction of sp³-hybridized carbons (Fsp3) is 0.263. The van der Waals surface area contributed by atoms with Gasteiger partial charge in [-0.05, 0) is 44.2 Å². The normalized spacial score (nSPS) is 10.8. The van der Waals surface area contributed by atoms with Crippen molar-refractivity contribution in [1.82, 2.24) is 10.1 Å². The molecule has 1 N–H and O–H groups in total. The second-order valence-electron chi connectivity index (χ2n) is 5.83. The predicted molar refractivity (Wildman–Crippen MR) is 94.0 cm³/mol. The first kappa shape index (κ1) is 16.8. The van der Waals surface area contributed by atoms with Crippen LogP contribution in [0, 0.1) is 0 Å². The first-order valence-corrected chi connectivity index (χ1v) is 8.14. The minimum atomic E-state index is -0.258. The average Bonchev–Trinajstić information content (AvgIpc) is 3.02. The number of pyridine rings is 1. The monoisotopic (exact) mass is 340 g/mol. The highest BCUT2D eigenvalue weighted by Crippen LogP contribution is 2.21. The van der Waals surface area contributed by atoms with Crippen LogP contribution in [0.25, 0.3) is 11.3 Å². The first-order valence-electron chi connectivity index (χ1n) is 8.14. The van der Waals surface area contributed by atoms with Crippen molar-refractivity contribution in [2.75, 3.05) is 6.61 Å². The van der Waals surface area contributed by atoms with Crippen molar-refractivity contribution >= 4 is 0 Å². The Kier molecular flexibility index (Phi) is 5.18. The molecule has 6 heteroatoms. The van der Waals surface area contributed by atoms with Crippen molar-refractivity contribution in [2.45, 2.75) is 26.4 Å². The second kappa shape index (κ2) is 7.70. The Hall–Kier alpha value is -3.02. The highest BCUT2D eigenvalue weighted by atomic mass is 16.5. The Labute approximate surface area is 145 Å². The predicted octanol–water partition coefficient (Wildman–Crippen LogP) is 3.44. The molecular formula is C19H20N2O4. The van der Waals surface area contributed by atoms with E-state index >= 15 is 0 Å². The molecule has 0 spiro atoms. The largest absolute Gasteiger partial charge is 0.493 e. The van der Waals surface area contributed by atoms with Crippen LogP contribution in [0.1, 0.15) is 19.5 Å². The highest BCUT2D eigenvalue weighted by Gasteiger charge is 2.05. The molecule has 0 radical (unpaired) electrons. The van der Waals surface area contributed by atoms with E-state index in [4.69, 9.17) is 14.0 Å². The zero-order valence-electron chi connectivity index (χ0n) is 14.2. The number of rotatable bonds is 7. The summed E-state index contributed by atoms with van der Waals surface area (Å²) >= 11 is 0. The SMILES string of the molecule is CC(C)Oc1cccc(CCOc2ccc(-c3cc(=O)[nH]o3)cc2)n1. The molecule has 3 rings (SSSR count). The molecular weight excluding hydrogens is 320 g/mol. The summed E-state index contributed by atoms with van der Waals surface area (Å²) in [7, 11) is 0. The summed E-state index contributed by atoms with van der Waals surface area (Å²) in [5.74, 6) is 1.88. The first-order chi connectivity index (χ1) is 12.1.